The van der Waals surface area contributed by atoms with Crippen LogP contribution >= 0.6 is 0 Å². The van der Waals surface area contributed by atoms with E-state index in [2.05, 4.69) is 10.6 Å². The minimum absolute atomic E-state index is 0.145. The Hall–Kier alpha value is -3.10. The highest BCUT2D eigenvalue weighted by Crippen LogP contribution is 2.33. The van der Waals surface area contributed by atoms with Crippen molar-refractivity contribution >= 4 is 17.7 Å². The summed E-state index contributed by atoms with van der Waals surface area (Å²) in [6, 6.07) is 2.18. The molecule has 0 bridgehead atoms. The van der Waals surface area contributed by atoms with Gasteiger partial charge in [-0.3, -0.25) is 10.1 Å². The largest absolute Gasteiger partial charge is 0.502 e. The SMILES string of the molecule is CCOC(=O)C1=C(C)NC(=O)NC1c1ccc(O)c([N+](=O)[O-])c1. The third-order valence-corrected chi connectivity index (χ3v) is 3.29. The van der Waals surface area contributed by atoms with Gasteiger partial charge in [0.1, 0.15) is 0 Å². The van der Waals surface area contributed by atoms with Gasteiger partial charge in [-0.05, 0) is 25.5 Å². The Kier molecular flexibility index (Phi) is 4.49. The topological polar surface area (TPSA) is 131 Å². The number of esters is 1. The van der Waals surface area contributed by atoms with E-state index in [4.69, 9.17) is 4.74 Å². The van der Waals surface area contributed by atoms with E-state index >= 15 is 0 Å². The highest BCUT2D eigenvalue weighted by molar-refractivity contribution is 5.95. The number of nitro benzene ring substituents is 1. The van der Waals surface area contributed by atoms with Crippen LogP contribution in [0, 0.1) is 10.1 Å². The van der Waals surface area contributed by atoms with Gasteiger partial charge in [0, 0.05) is 11.8 Å². The van der Waals surface area contributed by atoms with Gasteiger partial charge in [0.15, 0.2) is 5.75 Å². The number of nitrogens with one attached hydrogen (secondary N) is 2. The monoisotopic (exact) mass is 321 g/mol. The molecule has 23 heavy (non-hydrogen) atoms. The van der Waals surface area contributed by atoms with Crippen LogP contribution in [-0.2, 0) is 9.53 Å². The lowest BCUT2D eigenvalue weighted by molar-refractivity contribution is -0.385. The number of phenols is 1. The van der Waals surface area contributed by atoms with Crippen molar-refractivity contribution in [2.24, 2.45) is 0 Å². The summed E-state index contributed by atoms with van der Waals surface area (Å²) in [5, 5.41) is 25.5. The third kappa shape index (κ3) is 3.23. The zero-order chi connectivity index (χ0) is 17.1. The molecule has 1 aromatic carbocycles. The second kappa shape index (κ2) is 6.34. The van der Waals surface area contributed by atoms with Gasteiger partial charge >= 0.3 is 17.7 Å². The number of hydrogen-bond donors (Lipinski definition) is 3. The smallest absolute Gasteiger partial charge is 0.338 e. The van der Waals surface area contributed by atoms with Crippen molar-refractivity contribution in [1.82, 2.24) is 10.6 Å². The maximum absolute atomic E-state index is 12.1. The number of carbonyl (C=O) groups excluding carboxylic acids is 2. The molecule has 3 N–H and O–H groups in total. The van der Waals surface area contributed by atoms with E-state index in [1.807, 2.05) is 0 Å². The number of allylic oxidation sites excluding steroid dienone is 1. The van der Waals surface area contributed by atoms with Crippen molar-refractivity contribution in [3.05, 3.63) is 45.1 Å². The second-order valence-corrected chi connectivity index (χ2v) is 4.80. The molecule has 9 nitrogen and oxygen atoms in total. The van der Waals surface area contributed by atoms with Gasteiger partial charge in [-0.2, -0.15) is 0 Å². The summed E-state index contributed by atoms with van der Waals surface area (Å²) in [7, 11) is 0. The first-order valence-electron chi connectivity index (χ1n) is 6.77. The average molecular weight is 321 g/mol. The van der Waals surface area contributed by atoms with E-state index in [9.17, 15) is 24.8 Å². The molecule has 1 atom stereocenters. The standard InChI is InChI=1S/C14H15N3O6/c1-3-23-13(19)11-7(2)15-14(20)16-12(11)8-4-5-10(18)9(6-8)17(21)22/h4-6,12,18H,3H2,1-2H3,(H2,15,16,20). The van der Waals surface area contributed by atoms with Crippen LogP contribution in [-0.4, -0.2) is 28.6 Å². The number of nitro groups is 1. The number of phenolic OH excluding ortho intramolecular Hbond substituents is 1. The molecular formula is C14H15N3O6. The summed E-state index contributed by atoms with van der Waals surface area (Å²) in [4.78, 5) is 34.0. The zero-order valence-electron chi connectivity index (χ0n) is 12.5. The molecular weight excluding hydrogens is 306 g/mol. The number of amides is 2. The minimum Gasteiger partial charge on any atom is -0.502 e. The average Bonchev–Trinajstić information content (AvgIpc) is 2.46. The molecule has 1 aliphatic rings. The summed E-state index contributed by atoms with van der Waals surface area (Å²) in [6.07, 6.45) is 0. The molecule has 0 saturated carbocycles. The summed E-state index contributed by atoms with van der Waals surface area (Å²) in [5.74, 6) is -1.14. The first-order valence-corrected chi connectivity index (χ1v) is 6.77. The molecule has 1 aromatic rings. The van der Waals surface area contributed by atoms with Crippen LogP contribution in [0.4, 0.5) is 10.5 Å². The Balaban J connectivity index is 2.52. The second-order valence-electron chi connectivity index (χ2n) is 4.80. The number of carbonyl (C=O) groups is 2. The molecule has 2 rings (SSSR count). The van der Waals surface area contributed by atoms with Gasteiger partial charge in [-0.15, -0.1) is 0 Å². The van der Waals surface area contributed by atoms with Gasteiger partial charge in [-0.1, -0.05) is 6.07 Å². The first-order chi connectivity index (χ1) is 10.8. The van der Waals surface area contributed by atoms with E-state index in [0.717, 1.165) is 12.1 Å². The molecule has 0 spiro atoms. The van der Waals surface area contributed by atoms with Crippen molar-refractivity contribution in [2.45, 2.75) is 19.9 Å². The Bertz CT molecular complexity index is 712. The molecule has 122 valence electrons. The fourth-order valence-electron chi connectivity index (χ4n) is 2.29. The van der Waals surface area contributed by atoms with Crippen molar-refractivity contribution < 1.29 is 24.4 Å². The number of nitrogens with zero attached hydrogens (tertiary/aromatic N) is 1. The molecule has 1 heterocycles. The molecule has 0 radical (unpaired) electrons. The van der Waals surface area contributed by atoms with Crippen LogP contribution in [0.5, 0.6) is 5.75 Å². The Morgan fingerprint density at radius 3 is 2.78 bits per heavy atom. The number of rotatable bonds is 4. The third-order valence-electron chi connectivity index (χ3n) is 3.29. The number of ether oxygens (including phenoxy) is 1. The number of urea groups is 1. The maximum Gasteiger partial charge on any atom is 0.338 e. The lowest BCUT2D eigenvalue weighted by Crippen LogP contribution is -2.45. The minimum atomic E-state index is -0.915. The fourth-order valence-corrected chi connectivity index (χ4v) is 2.29. The van der Waals surface area contributed by atoms with Gasteiger partial charge in [0.25, 0.3) is 0 Å². The van der Waals surface area contributed by atoms with Crippen molar-refractivity contribution in [2.75, 3.05) is 6.61 Å². The van der Waals surface area contributed by atoms with Crippen LogP contribution in [0.1, 0.15) is 25.5 Å². The summed E-state index contributed by atoms with van der Waals surface area (Å²) in [6.45, 7) is 3.32. The van der Waals surface area contributed by atoms with E-state index in [0.29, 0.717) is 5.70 Å². The fraction of sp³-hybridized carbons (Fsp3) is 0.286. The maximum atomic E-state index is 12.1. The molecule has 1 unspecified atom stereocenters. The predicted octanol–water partition coefficient (Wildman–Crippen LogP) is 1.49. The molecule has 0 saturated heterocycles. The Morgan fingerprint density at radius 2 is 2.17 bits per heavy atom. The summed E-state index contributed by atoms with van der Waals surface area (Å²) >= 11 is 0. The van der Waals surface area contributed by atoms with Gasteiger partial charge < -0.3 is 20.5 Å². The van der Waals surface area contributed by atoms with Crippen LogP contribution in [0.15, 0.2) is 29.5 Å². The van der Waals surface area contributed by atoms with E-state index in [-0.39, 0.29) is 17.7 Å². The predicted molar refractivity (Wildman–Crippen MR) is 78.5 cm³/mol. The summed E-state index contributed by atoms with van der Waals surface area (Å²) in [5.41, 5.74) is 0.210. The Morgan fingerprint density at radius 1 is 1.48 bits per heavy atom. The van der Waals surface area contributed by atoms with E-state index < -0.39 is 34.4 Å². The van der Waals surface area contributed by atoms with Gasteiger partial charge in [-0.25, -0.2) is 9.59 Å². The van der Waals surface area contributed by atoms with Crippen LogP contribution in [0.2, 0.25) is 0 Å². The van der Waals surface area contributed by atoms with Crippen LogP contribution in [0.3, 0.4) is 0 Å². The lowest BCUT2D eigenvalue weighted by Gasteiger charge is -2.28. The zero-order valence-corrected chi connectivity index (χ0v) is 12.5. The molecule has 9 heteroatoms. The summed E-state index contributed by atoms with van der Waals surface area (Å²) < 4.78 is 4.97. The first kappa shape index (κ1) is 16.3. The normalized spacial score (nSPS) is 17.3. The van der Waals surface area contributed by atoms with Crippen molar-refractivity contribution in [3.63, 3.8) is 0 Å². The highest BCUT2D eigenvalue weighted by atomic mass is 16.6. The molecule has 0 aromatic heterocycles. The Labute approximate surface area is 131 Å². The number of hydrogen-bond acceptors (Lipinski definition) is 6. The van der Waals surface area contributed by atoms with E-state index in [1.54, 1.807) is 6.92 Å². The molecule has 2 amide bonds. The number of aromatic hydroxyl groups is 1. The molecule has 1 aliphatic heterocycles. The highest BCUT2D eigenvalue weighted by Gasteiger charge is 2.33. The number of benzene rings is 1. The quantitative estimate of drug-likeness (QED) is 0.437. The molecule has 0 aliphatic carbocycles. The molecule has 0 fully saturated rings. The van der Waals surface area contributed by atoms with Gasteiger partial charge in [0.05, 0.1) is 23.1 Å². The van der Waals surface area contributed by atoms with Gasteiger partial charge in [0.2, 0.25) is 0 Å². The lowest BCUT2D eigenvalue weighted by atomic mass is 9.95. The van der Waals surface area contributed by atoms with Crippen LogP contribution < -0.4 is 10.6 Å². The van der Waals surface area contributed by atoms with Crippen LogP contribution in [0.25, 0.3) is 0 Å². The van der Waals surface area contributed by atoms with Crippen molar-refractivity contribution in [3.8, 4) is 5.75 Å². The van der Waals surface area contributed by atoms with E-state index in [1.165, 1.54) is 13.0 Å². The van der Waals surface area contributed by atoms with Crippen molar-refractivity contribution in [1.29, 1.82) is 0 Å².